The van der Waals surface area contributed by atoms with Gasteiger partial charge in [-0.25, -0.2) is 4.39 Å². The molecule has 7 unspecified atom stereocenters. The van der Waals surface area contributed by atoms with Crippen molar-refractivity contribution < 1.29 is 14.3 Å². The number of halogens is 1. The lowest BCUT2D eigenvalue weighted by atomic mass is 9.77. The number of carbonyl (C=O) groups excluding carboxylic acids is 1. The van der Waals surface area contributed by atoms with Crippen LogP contribution in [-0.4, -0.2) is 42.1 Å². The summed E-state index contributed by atoms with van der Waals surface area (Å²) in [4.78, 5) is 19.7. The number of alkyl halides is 1. The van der Waals surface area contributed by atoms with Gasteiger partial charge in [0.15, 0.2) is 5.78 Å². The van der Waals surface area contributed by atoms with Crippen LogP contribution in [0.3, 0.4) is 0 Å². The van der Waals surface area contributed by atoms with Crippen LogP contribution in [0.2, 0.25) is 0 Å². The van der Waals surface area contributed by atoms with Crippen LogP contribution in [-0.2, 0) is 0 Å². The van der Waals surface area contributed by atoms with Gasteiger partial charge < -0.3 is 10.5 Å². The molecule has 1 saturated carbocycles. The number of Topliss-reactive ketones (excluding diaryl/α,β-unsaturated/α-hetero) is 1. The van der Waals surface area contributed by atoms with E-state index in [1.807, 2.05) is 31.2 Å². The Balaban J connectivity index is 1.78. The maximum atomic E-state index is 14.9. The van der Waals surface area contributed by atoms with Crippen molar-refractivity contribution >= 4 is 29.5 Å². The van der Waals surface area contributed by atoms with Crippen LogP contribution in [0.1, 0.15) is 89.6 Å². The van der Waals surface area contributed by atoms with Gasteiger partial charge in [0.1, 0.15) is 6.17 Å². The van der Waals surface area contributed by atoms with Crippen molar-refractivity contribution in [2.24, 2.45) is 40.5 Å². The molecule has 1 aliphatic carbocycles. The molecule has 7 atom stereocenters. The number of nitrogens with one attached hydrogen (secondary N) is 1. The largest absolute Gasteiger partial charge is 0.396 e. The van der Waals surface area contributed by atoms with Crippen LogP contribution in [0.4, 0.5) is 4.39 Å². The number of aliphatic hydroxyl groups is 1. The standard InChI is InChI=1S/C35H49FN2O2S/c1-8-32(38-16-15-37)27-11-9-10-12-28(27)33(40)18-29-22(4)13-14-26(17-23(29)5)35-25(7)24(6)31(20-41-35)30(19-39)34(36)21(2)3/h9-12,15,20,22-24,26,29-30,34,37,39H,2,8,13-14,16-19H2,1,3-7H3. The number of thioether (sulfide) groups is 1. The van der Waals surface area contributed by atoms with Crippen LogP contribution in [0, 0.1) is 40.9 Å². The summed E-state index contributed by atoms with van der Waals surface area (Å²) in [6.45, 7) is 16.5. The Kier molecular flexibility index (Phi) is 12.3. The van der Waals surface area contributed by atoms with Crippen molar-refractivity contribution in [3.63, 3.8) is 0 Å². The van der Waals surface area contributed by atoms with E-state index in [1.54, 1.807) is 18.7 Å². The molecule has 0 spiro atoms. The molecule has 0 radical (unpaired) electrons. The van der Waals surface area contributed by atoms with Gasteiger partial charge in [-0.05, 0) is 84.7 Å². The number of benzene rings is 1. The Morgan fingerprint density at radius 1 is 1.22 bits per heavy atom. The molecule has 224 valence electrons. The number of aliphatic hydroxyl groups excluding tert-OH is 1. The van der Waals surface area contributed by atoms with Crippen LogP contribution in [0.25, 0.3) is 0 Å². The predicted octanol–water partition coefficient (Wildman–Crippen LogP) is 8.86. The number of rotatable bonds is 12. The van der Waals surface area contributed by atoms with Gasteiger partial charge in [0.2, 0.25) is 0 Å². The predicted molar refractivity (Wildman–Crippen MR) is 173 cm³/mol. The average Bonchev–Trinajstić information content (AvgIpc) is 3.09. The van der Waals surface area contributed by atoms with Crippen molar-refractivity contribution in [2.75, 3.05) is 13.2 Å². The van der Waals surface area contributed by atoms with Crippen molar-refractivity contribution in [3.8, 4) is 0 Å². The highest BCUT2D eigenvalue weighted by molar-refractivity contribution is 8.05. The molecule has 1 aromatic rings. The Hall–Kier alpha value is -2.31. The molecular weight excluding hydrogens is 531 g/mol. The number of ketones is 1. The number of nitrogens with zero attached hydrogens (tertiary/aromatic N) is 1. The van der Waals surface area contributed by atoms with Crippen LogP contribution in [0.5, 0.6) is 0 Å². The summed E-state index contributed by atoms with van der Waals surface area (Å²) in [5.41, 5.74) is 5.21. The molecule has 1 fully saturated rings. The molecule has 0 aromatic heterocycles. The van der Waals surface area contributed by atoms with E-state index in [1.165, 1.54) is 16.7 Å². The highest BCUT2D eigenvalue weighted by Gasteiger charge is 2.37. The first-order valence-electron chi connectivity index (χ1n) is 15.2. The van der Waals surface area contributed by atoms with E-state index in [0.29, 0.717) is 42.2 Å². The highest BCUT2D eigenvalue weighted by atomic mass is 32.2. The third-order valence-corrected chi connectivity index (χ3v) is 10.7. The molecule has 4 nitrogen and oxygen atoms in total. The summed E-state index contributed by atoms with van der Waals surface area (Å²) in [5, 5.41) is 19.5. The van der Waals surface area contributed by atoms with Gasteiger partial charge in [-0.15, -0.1) is 11.8 Å². The first kappa shape index (κ1) is 33.2. The molecular formula is C35H49FN2O2S. The maximum absolute atomic E-state index is 14.9. The number of hydrogen-bond acceptors (Lipinski definition) is 5. The van der Waals surface area contributed by atoms with Gasteiger partial charge in [-0.3, -0.25) is 9.79 Å². The second-order valence-corrected chi connectivity index (χ2v) is 13.1. The Labute approximate surface area is 251 Å². The fourth-order valence-electron chi connectivity index (χ4n) is 6.79. The minimum Gasteiger partial charge on any atom is -0.396 e. The lowest BCUT2D eigenvalue weighted by Gasteiger charge is -2.34. The molecule has 0 amide bonds. The van der Waals surface area contributed by atoms with E-state index in [2.05, 4.69) is 44.7 Å². The van der Waals surface area contributed by atoms with E-state index >= 15 is 0 Å². The molecule has 6 heteroatoms. The van der Waals surface area contributed by atoms with Gasteiger partial charge in [0.25, 0.3) is 0 Å². The summed E-state index contributed by atoms with van der Waals surface area (Å²) in [7, 11) is 0. The van der Waals surface area contributed by atoms with Gasteiger partial charge in [-0.2, -0.15) is 0 Å². The quantitative estimate of drug-likeness (QED) is 0.112. The molecule has 2 aliphatic rings. The second-order valence-electron chi connectivity index (χ2n) is 12.2. The van der Waals surface area contributed by atoms with Crippen molar-refractivity contribution in [1.82, 2.24) is 0 Å². The van der Waals surface area contributed by atoms with Crippen LogP contribution >= 0.6 is 11.8 Å². The maximum Gasteiger partial charge on any atom is 0.163 e. The first-order chi connectivity index (χ1) is 19.5. The third kappa shape index (κ3) is 7.75. The molecule has 1 aliphatic heterocycles. The van der Waals surface area contributed by atoms with Crippen molar-refractivity contribution in [1.29, 1.82) is 5.41 Å². The molecule has 0 bridgehead atoms. The SMILES string of the molecule is C=C(C)C(F)C(CO)C1=CSC(C2CCC(C)C(CC(=O)c3ccccc3C(CC)=NCC=N)C(C)C2)=C(C)C1C. The smallest absolute Gasteiger partial charge is 0.163 e. The number of allylic oxidation sites excluding steroid dienone is 3. The summed E-state index contributed by atoms with van der Waals surface area (Å²) in [6.07, 6.45) is 4.46. The number of aliphatic imine (C=N–C) groups is 1. The summed E-state index contributed by atoms with van der Waals surface area (Å²) in [5.74, 6) is 1.23. The Morgan fingerprint density at radius 2 is 1.90 bits per heavy atom. The van der Waals surface area contributed by atoms with Crippen LogP contribution < -0.4 is 0 Å². The molecule has 41 heavy (non-hydrogen) atoms. The highest BCUT2D eigenvalue weighted by Crippen LogP contribution is 2.49. The summed E-state index contributed by atoms with van der Waals surface area (Å²) < 4.78 is 14.9. The fraction of sp³-hybridized carbons (Fsp3) is 0.571. The summed E-state index contributed by atoms with van der Waals surface area (Å²) in [6, 6.07) is 7.79. The first-order valence-corrected chi connectivity index (χ1v) is 16.1. The monoisotopic (exact) mass is 580 g/mol. The molecule has 3 rings (SSSR count). The van der Waals surface area contributed by atoms with E-state index < -0.39 is 12.1 Å². The van der Waals surface area contributed by atoms with Crippen LogP contribution in [0.15, 0.2) is 62.9 Å². The Morgan fingerprint density at radius 3 is 2.51 bits per heavy atom. The van der Waals surface area contributed by atoms with Gasteiger partial charge in [0, 0.05) is 41.3 Å². The van der Waals surface area contributed by atoms with E-state index in [-0.39, 0.29) is 18.3 Å². The zero-order valence-electron chi connectivity index (χ0n) is 25.8. The fourth-order valence-corrected chi connectivity index (χ4v) is 8.20. The van der Waals surface area contributed by atoms with E-state index in [0.717, 1.165) is 48.1 Å². The topological polar surface area (TPSA) is 73.5 Å². The zero-order valence-corrected chi connectivity index (χ0v) is 26.6. The molecule has 1 aromatic carbocycles. The Bertz CT molecular complexity index is 1200. The lowest BCUT2D eigenvalue weighted by Crippen LogP contribution is -2.28. The van der Waals surface area contributed by atoms with Crippen molar-refractivity contribution in [3.05, 3.63) is 69.0 Å². The van der Waals surface area contributed by atoms with Gasteiger partial charge in [0.05, 0.1) is 13.2 Å². The van der Waals surface area contributed by atoms with Gasteiger partial charge >= 0.3 is 0 Å². The van der Waals surface area contributed by atoms with E-state index in [4.69, 9.17) is 5.41 Å². The van der Waals surface area contributed by atoms with Gasteiger partial charge in [-0.1, -0.05) is 64.1 Å². The minimum absolute atomic E-state index is 0.0768. The molecule has 1 heterocycles. The molecule has 2 N–H and O–H groups in total. The number of carbonyl (C=O) groups is 1. The zero-order chi connectivity index (χ0) is 30.3. The van der Waals surface area contributed by atoms with E-state index in [9.17, 15) is 14.3 Å². The molecule has 0 saturated heterocycles. The minimum atomic E-state index is -1.25. The third-order valence-electron chi connectivity index (χ3n) is 9.44. The van der Waals surface area contributed by atoms with Crippen molar-refractivity contribution in [2.45, 2.75) is 79.8 Å². The normalized spacial score (nSPS) is 27.1. The second kappa shape index (κ2) is 15.2. The summed E-state index contributed by atoms with van der Waals surface area (Å²) >= 11 is 1.72. The average molecular weight is 581 g/mol. The lowest BCUT2D eigenvalue weighted by molar-refractivity contribution is 0.0918. The number of hydrogen-bond donors (Lipinski definition) is 2.